The zero-order valence-electron chi connectivity index (χ0n) is 10.8. The van der Waals surface area contributed by atoms with Crippen LogP contribution in [0.25, 0.3) is 11.0 Å². The Hall–Kier alpha value is -0.770. The third-order valence-electron chi connectivity index (χ3n) is 4.16. The number of hydrogen-bond donors (Lipinski definition) is 2. The van der Waals surface area contributed by atoms with E-state index in [2.05, 4.69) is 16.9 Å². The Morgan fingerprint density at radius 3 is 2.58 bits per heavy atom. The summed E-state index contributed by atoms with van der Waals surface area (Å²) >= 11 is 12.0. The van der Waals surface area contributed by atoms with Gasteiger partial charge in [0.2, 0.25) is 0 Å². The number of nitrogens with two attached hydrogens (primary N) is 1. The van der Waals surface area contributed by atoms with Gasteiger partial charge in [0, 0.05) is 0 Å². The van der Waals surface area contributed by atoms with Gasteiger partial charge in [-0.15, -0.1) is 0 Å². The molecule has 1 aromatic carbocycles. The van der Waals surface area contributed by atoms with Gasteiger partial charge in [-0.3, -0.25) is 0 Å². The van der Waals surface area contributed by atoms with Crippen LogP contribution in [-0.2, 0) is 5.54 Å². The quantitative estimate of drug-likeness (QED) is 0.827. The van der Waals surface area contributed by atoms with E-state index in [0.29, 0.717) is 10.0 Å². The predicted molar refractivity (Wildman–Crippen MR) is 79.6 cm³/mol. The van der Waals surface area contributed by atoms with E-state index in [1.54, 1.807) is 6.07 Å². The van der Waals surface area contributed by atoms with E-state index in [-0.39, 0.29) is 5.54 Å². The Bertz CT molecular complexity index is 573. The molecule has 1 fully saturated rings. The number of H-pyrrole nitrogens is 1. The Kier molecular flexibility index (Phi) is 3.24. The normalized spacial score (nSPS) is 27.9. The molecular weight excluding hydrogens is 281 g/mol. The van der Waals surface area contributed by atoms with Crippen molar-refractivity contribution in [1.29, 1.82) is 0 Å². The summed E-state index contributed by atoms with van der Waals surface area (Å²) < 4.78 is 0. The molecule has 0 radical (unpaired) electrons. The first-order valence-corrected chi connectivity index (χ1v) is 7.38. The van der Waals surface area contributed by atoms with Crippen LogP contribution in [0.1, 0.15) is 38.4 Å². The van der Waals surface area contributed by atoms with Crippen molar-refractivity contribution in [2.75, 3.05) is 0 Å². The van der Waals surface area contributed by atoms with E-state index >= 15 is 0 Å². The molecule has 0 amide bonds. The number of rotatable bonds is 1. The van der Waals surface area contributed by atoms with Gasteiger partial charge in [-0.2, -0.15) is 0 Å². The summed E-state index contributed by atoms with van der Waals surface area (Å²) in [4.78, 5) is 7.92. The van der Waals surface area contributed by atoms with Crippen LogP contribution in [0.2, 0.25) is 10.0 Å². The Morgan fingerprint density at radius 2 is 1.89 bits per heavy atom. The van der Waals surface area contributed by atoms with Crippen molar-refractivity contribution in [3.8, 4) is 0 Å². The molecule has 102 valence electrons. The molecule has 5 heteroatoms. The van der Waals surface area contributed by atoms with Gasteiger partial charge in [0.15, 0.2) is 0 Å². The summed E-state index contributed by atoms with van der Waals surface area (Å²) in [5.74, 6) is 1.61. The van der Waals surface area contributed by atoms with E-state index in [9.17, 15) is 0 Å². The van der Waals surface area contributed by atoms with Gasteiger partial charge in [0.25, 0.3) is 0 Å². The van der Waals surface area contributed by atoms with E-state index in [4.69, 9.17) is 28.9 Å². The molecule has 0 unspecified atom stereocenters. The number of fused-ring (bicyclic) bond motifs is 1. The van der Waals surface area contributed by atoms with Crippen molar-refractivity contribution in [2.24, 2.45) is 11.7 Å². The molecule has 0 atom stereocenters. The first-order chi connectivity index (χ1) is 8.98. The number of aromatic nitrogens is 2. The number of hydrogen-bond acceptors (Lipinski definition) is 2. The number of aromatic amines is 1. The fourth-order valence-corrected chi connectivity index (χ4v) is 3.08. The highest BCUT2D eigenvalue weighted by Crippen LogP contribution is 2.37. The largest absolute Gasteiger partial charge is 0.340 e. The lowest BCUT2D eigenvalue weighted by molar-refractivity contribution is 0.238. The second-order valence-corrected chi connectivity index (χ2v) is 6.52. The van der Waals surface area contributed by atoms with Crippen LogP contribution >= 0.6 is 23.2 Å². The van der Waals surface area contributed by atoms with Crippen LogP contribution in [0.4, 0.5) is 0 Å². The molecular formula is C14H17Cl2N3. The molecule has 1 aliphatic carbocycles. The third-order valence-corrected chi connectivity index (χ3v) is 4.88. The molecule has 1 aliphatic rings. The van der Waals surface area contributed by atoms with Crippen LogP contribution in [-0.4, -0.2) is 9.97 Å². The van der Waals surface area contributed by atoms with Crippen molar-refractivity contribution >= 4 is 34.2 Å². The molecule has 3 N–H and O–H groups in total. The van der Waals surface area contributed by atoms with Crippen molar-refractivity contribution < 1.29 is 0 Å². The minimum atomic E-state index is -0.343. The van der Waals surface area contributed by atoms with Gasteiger partial charge < -0.3 is 10.7 Å². The minimum Gasteiger partial charge on any atom is -0.340 e. The second-order valence-electron chi connectivity index (χ2n) is 5.71. The number of benzene rings is 1. The van der Waals surface area contributed by atoms with E-state index in [1.165, 1.54) is 0 Å². The first-order valence-electron chi connectivity index (χ1n) is 6.62. The molecule has 19 heavy (non-hydrogen) atoms. The summed E-state index contributed by atoms with van der Waals surface area (Å²) in [6.45, 7) is 2.28. The predicted octanol–water partition coefficient (Wildman–Crippen LogP) is 4.23. The second kappa shape index (κ2) is 4.65. The van der Waals surface area contributed by atoms with Crippen molar-refractivity contribution in [1.82, 2.24) is 9.97 Å². The monoisotopic (exact) mass is 297 g/mol. The average molecular weight is 298 g/mol. The van der Waals surface area contributed by atoms with E-state index < -0.39 is 0 Å². The number of nitrogens with one attached hydrogen (secondary N) is 1. The topological polar surface area (TPSA) is 54.7 Å². The van der Waals surface area contributed by atoms with Gasteiger partial charge in [0.05, 0.1) is 26.6 Å². The number of halogens is 2. The summed E-state index contributed by atoms with van der Waals surface area (Å²) in [7, 11) is 0. The Morgan fingerprint density at radius 1 is 1.26 bits per heavy atom. The maximum Gasteiger partial charge on any atom is 0.127 e. The number of nitrogens with zero attached hydrogens (tertiary/aromatic N) is 1. The van der Waals surface area contributed by atoms with Crippen molar-refractivity contribution in [3.63, 3.8) is 0 Å². The lowest BCUT2D eigenvalue weighted by Gasteiger charge is -2.34. The maximum atomic E-state index is 6.52. The summed E-state index contributed by atoms with van der Waals surface area (Å²) in [5, 5.41) is 1.06. The van der Waals surface area contributed by atoms with Crippen LogP contribution in [0, 0.1) is 5.92 Å². The van der Waals surface area contributed by atoms with Gasteiger partial charge in [-0.25, -0.2) is 4.98 Å². The zero-order chi connectivity index (χ0) is 13.6. The van der Waals surface area contributed by atoms with Crippen LogP contribution in [0.5, 0.6) is 0 Å². The molecule has 0 bridgehead atoms. The minimum absolute atomic E-state index is 0.343. The molecule has 1 saturated carbocycles. The van der Waals surface area contributed by atoms with Crippen LogP contribution in [0.15, 0.2) is 12.1 Å². The smallest absolute Gasteiger partial charge is 0.127 e. The molecule has 0 saturated heterocycles. The Balaban J connectivity index is 2.01. The molecule has 3 rings (SSSR count). The standard InChI is InChI=1S/C14H17Cl2N3/c1-8-2-4-14(17,5-3-8)13-18-11-6-9(15)10(16)7-12(11)19-13/h6-8H,2-5,17H2,1H3,(H,18,19). The van der Waals surface area contributed by atoms with Crippen molar-refractivity contribution in [2.45, 2.75) is 38.1 Å². The highest BCUT2D eigenvalue weighted by Gasteiger charge is 2.34. The SMILES string of the molecule is CC1CCC(N)(c2nc3cc(Cl)c(Cl)cc3[nH]2)CC1. The Labute approximate surface area is 122 Å². The van der Waals surface area contributed by atoms with Gasteiger partial charge in [-0.05, 0) is 43.7 Å². The van der Waals surface area contributed by atoms with Gasteiger partial charge >= 0.3 is 0 Å². The fraction of sp³-hybridized carbons (Fsp3) is 0.500. The van der Waals surface area contributed by atoms with Gasteiger partial charge in [-0.1, -0.05) is 30.1 Å². The van der Waals surface area contributed by atoms with E-state index in [0.717, 1.165) is 48.5 Å². The summed E-state index contributed by atoms with van der Waals surface area (Å²) in [5.41, 5.74) is 7.90. The van der Waals surface area contributed by atoms with Crippen molar-refractivity contribution in [3.05, 3.63) is 28.0 Å². The third kappa shape index (κ3) is 2.35. The lowest BCUT2D eigenvalue weighted by Crippen LogP contribution is -2.41. The van der Waals surface area contributed by atoms with Crippen LogP contribution < -0.4 is 5.73 Å². The molecule has 0 spiro atoms. The summed E-state index contributed by atoms with van der Waals surface area (Å²) in [6.07, 6.45) is 4.23. The fourth-order valence-electron chi connectivity index (χ4n) is 2.75. The van der Waals surface area contributed by atoms with Crippen LogP contribution in [0.3, 0.4) is 0 Å². The maximum absolute atomic E-state index is 6.52. The van der Waals surface area contributed by atoms with Gasteiger partial charge in [0.1, 0.15) is 5.82 Å². The average Bonchev–Trinajstić information content (AvgIpc) is 2.77. The molecule has 0 aliphatic heterocycles. The first kappa shape index (κ1) is 13.2. The molecule has 3 nitrogen and oxygen atoms in total. The number of imidazole rings is 1. The highest BCUT2D eigenvalue weighted by atomic mass is 35.5. The highest BCUT2D eigenvalue weighted by molar-refractivity contribution is 6.42. The molecule has 1 aromatic heterocycles. The molecule has 2 aromatic rings. The zero-order valence-corrected chi connectivity index (χ0v) is 12.4. The van der Waals surface area contributed by atoms with E-state index in [1.807, 2.05) is 6.07 Å². The summed E-state index contributed by atoms with van der Waals surface area (Å²) in [6, 6.07) is 3.60. The lowest BCUT2D eigenvalue weighted by atomic mass is 9.77. The molecule has 1 heterocycles.